The fourth-order valence-corrected chi connectivity index (χ4v) is 2.90. The molecule has 1 N–H and O–H groups in total. The summed E-state index contributed by atoms with van der Waals surface area (Å²) >= 11 is 3.33. The maximum Gasteiger partial charge on any atom is 0.241 e. The van der Waals surface area contributed by atoms with Crippen molar-refractivity contribution in [3.8, 4) is 0 Å². The van der Waals surface area contributed by atoms with Crippen LogP contribution in [0.5, 0.6) is 0 Å². The second-order valence-corrected chi connectivity index (χ2v) is 7.46. The summed E-state index contributed by atoms with van der Waals surface area (Å²) in [6.45, 7) is 5.35. The molecule has 96 valence electrons. The Morgan fingerprint density at radius 2 is 2.00 bits per heavy atom. The number of nitrogens with one attached hydrogen (secondary N) is 1. The summed E-state index contributed by atoms with van der Waals surface area (Å²) in [6.07, 6.45) is 0. The van der Waals surface area contributed by atoms with Gasteiger partial charge in [0, 0.05) is 10.4 Å². The third kappa shape index (κ3) is 3.76. The normalized spacial score (nSPS) is 14.6. The number of sulfonamides is 1. The van der Waals surface area contributed by atoms with Crippen LogP contribution in [0, 0.1) is 5.82 Å². The van der Waals surface area contributed by atoms with Gasteiger partial charge in [0.05, 0.1) is 4.90 Å². The summed E-state index contributed by atoms with van der Waals surface area (Å²) in [5, 5.41) is 0. The third-order valence-corrected chi connectivity index (χ3v) is 5.31. The van der Waals surface area contributed by atoms with E-state index in [4.69, 9.17) is 0 Å². The Hall–Kier alpha value is -0.460. The minimum absolute atomic E-state index is 0.0571. The topological polar surface area (TPSA) is 46.2 Å². The van der Waals surface area contributed by atoms with Crippen LogP contribution >= 0.6 is 15.9 Å². The second kappa shape index (κ2) is 5.04. The highest BCUT2D eigenvalue weighted by Gasteiger charge is 2.30. The van der Waals surface area contributed by atoms with Gasteiger partial charge in [-0.1, -0.05) is 28.9 Å². The molecule has 0 aliphatic heterocycles. The predicted octanol–water partition coefficient (Wildman–Crippen LogP) is 2.67. The molecule has 3 nitrogen and oxygen atoms in total. The molecule has 6 heteroatoms. The van der Waals surface area contributed by atoms with Gasteiger partial charge < -0.3 is 0 Å². The highest BCUT2D eigenvalue weighted by molar-refractivity contribution is 9.09. The van der Waals surface area contributed by atoms with Gasteiger partial charge in [0.2, 0.25) is 10.0 Å². The highest BCUT2D eigenvalue weighted by Crippen LogP contribution is 2.20. The Bertz CT molecular complexity index is 500. The molecule has 0 saturated carbocycles. The summed E-state index contributed by atoms with van der Waals surface area (Å²) in [5.41, 5.74) is -0.662. The second-order valence-electron chi connectivity index (χ2n) is 4.40. The molecular formula is C11H15BrFNO2S. The molecule has 0 saturated heterocycles. The molecule has 0 aliphatic rings. The van der Waals surface area contributed by atoms with E-state index < -0.39 is 21.4 Å². The van der Waals surface area contributed by atoms with E-state index in [1.165, 1.54) is 18.2 Å². The zero-order chi connectivity index (χ0) is 13.3. The summed E-state index contributed by atoms with van der Waals surface area (Å²) in [5.74, 6) is -0.572. The molecule has 1 rings (SSSR count). The Morgan fingerprint density at radius 3 is 2.47 bits per heavy atom. The summed E-state index contributed by atoms with van der Waals surface area (Å²) in [7, 11) is -3.71. The molecular weight excluding hydrogens is 309 g/mol. The van der Waals surface area contributed by atoms with Crippen molar-refractivity contribution in [3.05, 3.63) is 30.1 Å². The van der Waals surface area contributed by atoms with Gasteiger partial charge in [-0.2, -0.15) is 0 Å². The molecule has 0 aliphatic carbocycles. The number of halogens is 2. The van der Waals surface area contributed by atoms with E-state index in [9.17, 15) is 12.8 Å². The van der Waals surface area contributed by atoms with Gasteiger partial charge in [-0.15, -0.1) is 0 Å². The zero-order valence-electron chi connectivity index (χ0n) is 9.87. The van der Waals surface area contributed by atoms with Crippen molar-refractivity contribution >= 4 is 26.0 Å². The van der Waals surface area contributed by atoms with Crippen LogP contribution in [-0.4, -0.2) is 18.8 Å². The van der Waals surface area contributed by atoms with Crippen molar-refractivity contribution < 1.29 is 12.8 Å². The first kappa shape index (κ1) is 14.6. The van der Waals surface area contributed by atoms with E-state index >= 15 is 0 Å². The largest absolute Gasteiger partial charge is 0.241 e. The predicted molar refractivity (Wildman–Crippen MR) is 69.2 cm³/mol. The van der Waals surface area contributed by atoms with E-state index in [1.807, 2.05) is 6.92 Å². The van der Waals surface area contributed by atoms with E-state index in [2.05, 4.69) is 20.7 Å². The molecule has 0 spiro atoms. The fourth-order valence-electron chi connectivity index (χ4n) is 1.12. The monoisotopic (exact) mass is 323 g/mol. The number of rotatable bonds is 4. The van der Waals surface area contributed by atoms with E-state index in [-0.39, 0.29) is 9.72 Å². The summed E-state index contributed by atoms with van der Waals surface area (Å²) < 4.78 is 39.5. The van der Waals surface area contributed by atoms with Gasteiger partial charge >= 0.3 is 0 Å². The lowest BCUT2D eigenvalue weighted by Crippen LogP contribution is -2.48. The molecule has 0 fully saturated rings. The first-order valence-corrected chi connectivity index (χ1v) is 7.49. The smallest absolute Gasteiger partial charge is 0.207 e. The van der Waals surface area contributed by atoms with Crippen LogP contribution in [0.15, 0.2) is 29.2 Å². The molecule has 1 aromatic carbocycles. The molecule has 0 aromatic heterocycles. The summed E-state index contributed by atoms with van der Waals surface area (Å²) in [6, 6.07) is 4.93. The Labute approximate surface area is 110 Å². The lowest BCUT2D eigenvalue weighted by Gasteiger charge is -2.28. The first-order chi connectivity index (χ1) is 7.65. The van der Waals surface area contributed by atoms with Crippen molar-refractivity contribution in [2.45, 2.75) is 36.0 Å². The number of alkyl halides is 1. The number of benzene rings is 1. The Balaban J connectivity index is 3.06. The van der Waals surface area contributed by atoms with Crippen molar-refractivity contribution in [2.75, 3.05) is 0 Å². The van der Waals surface area contributed by atoms with Gasteiger partial charge in [-0.05, 0) is 32.0 Å². The summed E-state index contributed by atoms with van der Waals surface area (Å²) in [4.78, 5) is -0.128. The molecule has 1 atom stereocenters. The molecule has 0 heterocycles. The van der Waals surface area contributed by atoms with Gasteiger partial charge in [0.25, 0.3) is 0 Å². The van der Waals surface area contributed by atoms with Crippen LogP contribution in [0.3, 0.4) is 0 Å². The van der Waals surface area contributed by atoms with Gasteiger partial charge in [0.15, 0.2) is 0 Å². The molecule has 0 radical (unpaired) electrons. The van der Waals surface area contributed by atoms with Gasteiger partial charge in [-0.25, -0.2) is 17.5 Å². The third-order valence-electron chi connectivity index (χ3n) is 2.50. The minimum atomic E-state index is -3.71. The molecule has 0 amide bonds. The number of hydrogen-bond donors (Lipinski definition) is 1. The molecule has 0 bridgehead atoms. The van der Waals surface area contributed by atoms with Crippen molar-refractivity contribution in [1.82, 2.24) is 4.72 Å². The minimum Gasteiger partial charge on any atom is -0.207 e. The van der Waals surface area contributed by atoms with Crippen LogP contribution in [0.4, 0.5) is 4.39 Å². The lowest BCUT2D eigenvalue weighted by molar-refractivity contribution is 0.453. The maximum atomic E-state index is 13.0. The van der Waals surface area contributed by atoms with Crippen LogP contribution in [0.25, 0.3) is 0 Å². The average Bonchev–Trinajstić information content (AvgIpc) is 2.15. The Morgan fingerprint density at radius 1 is 1.41 bits per heavy atom. The van der Waals surface area contributed by atoms with Crippen LogP contribution in [0.2, 0.25) is 0 Å². The Kier molecular flexibility index (Phi) is 4.33. The number of hydrogen-bond acceptors (Lipinski definition) is 2. The van der Waals surface area contributed by atoms with Crippen LogP contribution in [0.1, 0.15) is 20.8 Å². The molecule has 17 heavy (non-hydrogen) atoms. The molecule has 1 aromatic rings. The van der Waals surface area contributed by atoms with Gasteiger partial charge in [-0.3, -0.25) is 0 Å². The van der Waals surface area contributed by atoms with Crippen LogP contribution < -0.4 is 4.72 Å². The SMILES string of the molecule is CC(Br)C(C)(C)NS(=O)(=O)c1cccc(F)c1. The van der Waals surface area contributed by atoms with E-state index in [0.717, 1.165) is 6.07 Å². The maximum absolute atomic E-state index is 13.0. The fraction of sp³-hybridized carbons (Fsp3) is 0.455. The van der Waals surface area contributed by atoms with Crippen molar-refractivity contribution in [1.29, 1.82) is 0 Å². The lowest BCUT2D eigenvalue weighted by atomic mass is 10.0. The standard InChI is InChI=1S/C11H15BrFNO2S/c1-8(12)11(2,3)14-17(15,16)10-6-4-5-9(13)7-10/h4-8,14H,1-3H3. The van der Waals surface area contributed by atoms with Crippen LogP contribution in [-0.2, 0) is 10.0 Å². The average molecular weight is 324 g/mol. The van der Waals surface area contributed by atoms with Gasteiger partial charge in [0.1, 0.15) is 5.82 Å². The molecule has 1 unspecified atom stereocenters. The first-order valence-electron chi connectivity index (χ1n) is 5.09. The highest BCUT2D eigenvalue weighted by atomic mass is 79.9. The van der Waals surface area contributed by atoms with E-state index in [0.29, 0.717) is 0 Å². The zero-order valence-corrected chi connectivity index (χ0v) is 12.3. The van der Waals surface area contributed by atoms with Crippen molar-refractivity contribution in [3.63, 3.8) is 0 Å². The van der Waals surface area contributed by atoms with E-state index in [1.54, 1.807) is 13.8 Å². The quantitative estimate of drug-likeness (QED) is 0.866. The van der Waals surface area contributed by atoms with Crippen molar-refractivity contribution in [2.24, 2.45) is 0 Å².